The Balaban J connectivity index is 2.56. The van der Waals surface area contributed by atoms with E-state index in [1.807, 2.05) is 19.1 Å². The molecule has 0 saturated heterocycles. The molecule has 1 aromatic carbocycles. The number of aryl methyl sites for hydroxylation is 1. The fourth-order valence-corrected chi connectivity index (χ4v) is 3.67. The first-order valence-electron chi connectivity index (χ1n) is 9.09. The number of hydrogen-bond donors (Lipinski definition) is 1. The van der Waals surface area contributed by atoms with Crippen molar-refractivity contribution in [1.29, 1.82) is 0 Å². The van der Waals surface area contributed by atoms with Crippen LogP contribution in [0, 0.1) is 18.8 Å². The molecule has 6 nitrogen and oxygen atoms in total. The summed E-state index contributed by atoms with van der Waals surface area (Å²) >= 11 is 0. The van der Waals surface area contributed by atoms with Gasteiger partial charge in [0, 0.05) is 12.3 Å². The van der Waals surface area contributed by atoms with Crippen LogP contribution >= 0.6 is 0 Å². The fourth-order valence-electron chi connectivity index (χ4n) is 3.67. The molecule has 6 heteroatoms. The van der Waals surface area contributed by atoms with Gasteiger partial charge in [-0.1, -0.05) is 55.1 Å². The SMILES string of the molecule is C=CCOC(=O)[C@@H]1C(=O)C[C@](C)(O)[C@@H](C(=O)OCC=C)[C@@H]1c1ccc(C)cc1. The topological polar surface area (TPSA) is 89.9 Å². The smallest absolute Gasteiger partial charge is 0.317 e. The number of rotatable bonds is 7. The van der Waals surface area contributed by atoms with Gasteiger partial charge < -0.3 is 14.6 Å². The van der Waals surface area contributed by atoms with E-state index in [0.29, 0.717) is 5.56 Å². The molecule has 0 amide bonds. The largest absolute Gasteiger partial charge is 0.461 e. The van der Waals surface area contributed by atoms with Crippen molar-refractivity contribution < 1.29 is 29.0 Å². The number of Topliss-reactive ketones (excluding diaryl/α,β-unsaturated/α-hetero) is 1. The predicted octanol–water partition coefficient (Wildman–Crippen LogP) is 2.49. The standard InChI is InChI=1S/C22H26O6/c1-5-11-27-20(24)18-16(23)13-22(4,26)19(21(25)28-12-6-2)17(18)15-9-7-14(3)8-10-15/h5-10,17-19,26H,1-2,11-13H2,3-4H3/t17-,18-,19-,22+/m1/s1. The predicted molar refractivity (Wildman–Crippen MR) is 103 cm³/mol. The average molecular weight is 386 g/mol. The summed E-state index contributed by atoms with van der Waals surface area (Å²) < 4.78 is 10.3. The van der Waals surface area contributed by atoms with E-state index in [4.69, 9.17) is 9.47 Å². The second kappa shape index (κ2) is 8.97. The van der Waals surface area contributed by atoms with Crippen molar-refractivity contribution in [3.05, 3.63) is 60.7 Å². The number of ketones is 1. The third-order valence-corrected chi connectivity index (χ3v) is 4.92. The third kappa shape index (κ3) is 4.57. The zero-order valence-corrected chi connectivity index (χ0v) is 16.2. The first-order valence-corrected chi connectivity index (χ1v) is 9.09. The molecular weight excluding hydrogens is 360 g/mol. The van der Waals surface area contributed by atoms with Crippen LogP contribution in [0.4, 0.5) is 0 Å². The molecule has 1 N–H and O–H groups in total. The molecule has 0 bridgehead atoms. The molecule has 0 spiro atoms. The molecule has 1 aliphatic rings. The normalized spacial score (nSPS) is 27.0. The minimum atomic E-state index is -1.67. The number of hydrogen-bond acceptors (Lipinski definition) is 6. The number of ether oxygens (including phenoxy) is 2. The van der Waals surface area contributed by atoms with Gasteiger partial charge in [0.1, 0.15) is 19.1 Å². The molecule has 4 atom stereocenters. The summed E-state index contributed by atoms with van der Waals surface area (Å²) in [4.78, 5) is 38.3. The van der Waals surface area contributed by atoms with Crippen LogP contribution in [0.1, 0.15) is 30.4 Å². The molecule has 28 heavy (non-hydrogen) atoms. The van der Waals surface area contributed by atoms with E-state index in [9.17, 15) is 19.5 Å². The summed E-state index contributed by atoms with van der Waals surface area (Å²) in [6, 6.07) is 7.13. The first kappa shape index (κ1) is 21.6. The van der Waals surface area contributed by atoms with E-state index in [1.54, 1.807) is 12.1 Å². The molecule has 0 aromatic heterocycles. The lowest BCUT2D eigenvalue weighted by Crippen LogP contribution is -2.55. The monoisotopic (exact) mass is 386 g/mol. The fraction of sp³-hybridized carbons (Fsp3) is 0.409. The van der Waals surface area contributed by atoms with Gasteiger partial charge >= 0.3 is 11.9 Å². The lowest BCUT2D eigenvalue weighted by molar-refractivity contribution is -0.171. The zero-order chi connectivity index (χ0) is 20.9. The van der Waals surface area contributed by atoms with Crippen molar-refractivity contribution in [2.75, 3.05) is 13.2 Å². The summed E-state index contributed by atoms with van der Waals surface area (Å²) in [7, 11) is 0. The highest BCUT2D eigenvalue weighted by atomic mass is 16.5. The highest BCUT2D eigenvalue weighted by molar-refractivity contribution is 6.02. The Morgan fingerprint density at radius 1 is 1.14 bits per heavy atom. The number of aliphatic hydroxyl groups is 1. The molecule has 2 rings (SSSR count). The van der Waals surface area contributed by atoms with Crippen LogP contribution in [0.25, 0.3) is 0 Å². The molecule has 1 aromatic rings. The van der Waals surface area contributed by atoms with Crippen LogP contribution in [-0.2, 0) is 23.9 Å². The number of esters is 2. The Morgan fingerprint density at radius 2 is 1.68 bits per heavy atom. The average Bonchev–Trinajstić information content (AvgIpc) is 2.63. The molecular formula is C22H26O6. The van der Waals surface area contributed by atoms with Crippen LogP contribution < -0.4 is 0 Å². The van der Waals surface area contributed by atoms with Gasteiger partial charge in [0.25, 0.3) is 0 Å². The second-order valence-corrected chi connectivity index (χ2v) is 7.23. The van der Waals surface area contributed by atoms with E-state index in [1.165, 1.54) is 19.1 Å². The van der Waals surface area contributed by atoms with E-state index >= 15 is 0 Å². The maximum atomic E-state index is 12.8. The van der Waals surface area contributed by atoms with Gasteiger partial charge in [0.05, 0.1) is 11.5 Å². The molecule has 0 heterocycles. The summed E-state index contributed by atoms with van der Waals surface area (Å²) in [5.41, 5.74) is -0.102. The summed E-state index contributed by atoms with van der Waals surface area (Å²) in [6.07, 6.45) is 2.46. The van der Waals surface area contributed by atoms with Gasteiger partial charge in [-0.05, 0) is 19.4 Å². The molecule has 0 aliphatic heterocycles. The quantitative estimate of drug-likeness (QED) is 0.440. The van der Waals surface area contributed by atoms with Gasteiger partial charge in [-0.2, -0.15) is 0 Å². The molecule has 1 saturated carbocycles. The molecule has 0 radical (unpaired) electrons. The first-order chi connectivity index (χ1) is 13.2. The second-order valence-electron chi connectivity index (χ2n) is 7.23. The van der Waals surface area contributed by atoms with Crippen LogP contribution in [0.2, 0.25) is 0 Å². The Labute approximate surface area is 164 Å². The van der Waals surface area contributed by atoms with Gasteiger partial charge in [0.2, 0.25) is 0 Å². The lowest BCUT2D eigenvalue weighted by Gasteiger charge is -2.43. The van der Waals surface area contributed by atoms with Gasteiger partial charge in [0.15, 0.2) is 5.78 Å². The van der Waals surface area contributed by atoms with Crippen LogP contribution in [0.3, 0.4) is 0 Å². The zero-order valence-electron chi connectivity index (χ0n) is 16.2. The van der Waals surface area contributed by atoms with E-state index in [2.05, 4.69) is 13.2 Å². The van der Waals surface area contributed by atoms with Crippen molar-refractivity contribution in [3.63, 3.8) is 0 Å². The number of carbonyl (C=O) groups excluding carboxylic acids is 3. The summed E-state index contributed by atoms with van der Waals surface area (Å²) in [6.45, 7) is 10.2. The molecule has 1 fully saturated rings. The highest BCUT2D eigenvalue weighted by Gasteiger charge is 2.57. The van der Waals surface area contributed by atoms with Gasteiger partial charge in [-0.15, -0.1) is 0 Å². The van der Waals surface area contributed by atoms with Crippen molar-refractivity contribution in [3.8, 4) is 0 Å². The van der Waals surface area contributed by atoms with Gasteiger partial charge in [-0.25, -0.2) is 0 Å². The third-order valence-electron chi connectivity index (χ3n) is 4.92. The van der Waals surface area contributed by atoms with Gasteiger partial charge in [-0.3, -0.25) is 14.4 Å². The molecule has 0 unspecified atom stereocenters. The van der Waals surface area contributed by atoms with E-state index in [0.717, 1.165) is 5.56 Å². The minimum Gasteiger partial charge on any atom is -0.461 e. The van der Waals surface area contributed by atoms with E-state index in [-0.39, 0.29) is 19.6 Å². The molecule has 1 aliphatic carbocycles. The van der Waals surface area contributed by atoms with Crippen LogP contribution in [0.15, 0.2) is 49.6 Å². The molecule has 150 valence electrons. The van der Waals surface area contributed by atoms with Crippen molar-refractivity contribution in [2.24, 2.45) is 11.8 Å². The Kier molecular flexibility index (Phi) is 6.91. The maximum absolute atomic E-state index is 12.8. The van der Waals surface area contributed by atoms with Crippen LogP contribution in [0.5, 0.6) is 0 Å². The maximum Gasteiger partial charge on any atom is 0.317 e. The van der Waals surface area contributed by atoms with Crippen LogP contribution in [-0.4, -0.2) is 41.6 Å². The van der Waals surface area contributed by atoms with E-state index < -0.39 is 41.1 Å². The van der Waals surface area contributed by atoms with Crippen molar-refractivity contribution in [2.45, 2.75) is 31.8 Å². The lowest BCUT2D eigenvalue weighted by atomic mass is 9.61. The highest BCUT2D eigenvalue weighted by Crippen LogP contribution is 2.46. The van der Waals surface area contributed by atoms with Crippen molar-refractivity contribution >= 4 is 17.7 Å². The summed E-state index contributed by atoms with van der Waals surface area (Å²) in [5, 5.41) is 10.9. The Hall–Kier alpha value is -2.73. The minimum absolute atomic E-state index is 0.0362. The van der Waals surface area contributed by atoms with Crippen molar-refractivity contribution in [1.82, 2.24) is 0 Å². The Bertz CT molecular complexity index is 762. The Morgan fingerprint density at radius 3 is 2.21 bits per heavy atom. The number of carbonyl (C=O) groups is 3. The number of benzene rings is 1. The summed E-state index contributed by atoms with van der Waals surface area (Å²) in [5.74, 6) is -5.15.